The van der Waals surface area contributed by atoms with Crippen LogP contribution in [0.25, 0.3) is 0 Å². The molecule has 1 aromatic heterocycles. The number of carbonyl (C=O) groups is 1. The molecule has 0 aliphatic heterocycles. The molecular weight excluding hydrogens is 216 g/mol. The SMILES string of the molecule is CCCc1nc(C(=O)N(CC)C(C)CC)n[nH]1. The minimum atomic E-state index is -0.0829. The summed E-state index contributed by atoms with van der Waals surface area (Å²) >= 11 is 0. The van der Waals surface area contributed by atoms with E-state index in [0.717, 1.165) is 25.1 Å². The van der Waals surface area contributed by atoms with Gasteiger partial charge in [0.15, 0.2) is 0 Å². The van der Waals surface area contributed by atoms with Crippen molar-refractivity contribution < 1.29 is 4.79 Å². The van der Waals surface area contributed by atoms with Crippen molar-refractivity contribution in [3.8, 4) is 0 Å². The number of nitrogens with one attached hydrogen (secondary N) is 1. The maximum Gasteiger partial charge on any atom is 0.293 e. The van der Waals surface area contributed by atoms with Gasteiger partial charge in [0, 0.05) is 19.0 Å². The van der Waals surface area contributed by atoms with Crippen LogP contribution in [0.4, 0.5) is 0 Å². The number of amides is 1. The van der Waals surface area contributed by atoms with Gasteiger partial charge >= 0.3 is 0 Å². The molecule has 96 valence electrons. The van der Waals surface area contributed by atoms with Gasteiger partial charge in [0.2, 0.25) is 5.82 Å². The van der Waals surface area contributed by atoms with Crippen LogP contribution in [0.15, 0.2) is 0 Å². The van der Waals surface area contributed by atoms with Crippen molar-refractivity contribution in [2.75, 3.05) is 6.54 Å². The molecule has 0 saturated carbocycles. The zero-order valence-electron chi connectivity index (χ0n) is 11.2. The highest BCUT2D eigenvalue weighted by Crippen LogP contribution is 2.08. The Kier molecular flexibility index (Phi) is 5.12. The standard InChI is InChI=1S/C12H22N4O/c1-5-8-10-13-11(15-14-10)12(17)16(7-3)9(4)6-2/h9H,5-8H2,1-4H3,(H,13,14,15). The predicted octanol–water partition coefficient (Wildman–Crippen LogP) is 2.02. The smallest absolute Gasteiger partial charge is 0.293 e. The summed E-state index contributed by atoms with van der Waals surface area (Å²) in [5.41, 5.74) is 0. The van der Waals surface area contributed by atoms with E-state index in [1.54, 1.807) is 4.90 Å². The molecule has 5 nitrogen and oxygen atoms in total. The normalized spacial score (nSPS) is 12.5. The molecule has 0 fully saturated rings. The van der Waals surface area contributed by atoms with Gasteiger partial charge in [-0.1, -0.05) is 13.8 Å². The molecule has 0 saturated heterocycles. The number of aryl methyl sites for hydroxylation is 1. The van der Waals surface area contributed by atoms with Gasteiger partial charge in [-0.25, -0.2) is 4.98 Å². The maximum atomic E-state index is 12.2. The van der Waals surface area contributed by atoms with Crippen LogP contribution in [0.3, 0.4) is 0 Å². The topological polar surface area (TPSA) is 61.9 Å². The molecule has 1 aromatic rings. The summed E-state index contributed by atoms with van der Waals surface area (Å²) in [5, 5.41) is 6.81. The molecule has 0 aliphatic carbocycles. The van der Waals surface area contributed by atoms with E-state index in [-0.39, 0.29) is 17.8 Å². The molecule has 0 aliphatic rings. The Morgan fingerprint density at radius 3 is 2.65 bits per heavy atom. The van der Waals surface area contributed by atoms with Gasteiger partial charge in [0.1, 0.15) is 5.82 Å². The molecule has 1 N–H and O–H groups in total. The lowest BCUT2D eigenvalue weighted by molar-refractivity contribution is 0.0687. The van der Waals surface area contributed by atoms with Gasteiger partial charge < -0.3 is 4.90 Å². The number of H-pyrrole nitrogens is 1. The Morgan fingerprint density at radius 2 is 2.12 bits per heavy atom. The Balaban J connectivity index is 2.79. The molecule has 0 spiro atoms. The van der Waals surface area contributed by atoms with E-state index in [1.807, 2.05) is 13.8 Å². The Bertz CT molecular complexity index is 361. The zero-order chi connectivity index (χ0) is 12.8. The van der Waals surface area contributed by atoms with E-state index in [1.165, 1.54) is 0 Å². The molecule has 17 heavy (non-hydrogen) atoms. The van der Waals surface area contributed by atoms with Crippen LogP contribution in [0.1, 0.15) is 57.0 Å². The van der Waals surface area contributed by atoms with Gasteiger partial charge in [0.25, 0.3) is 5.91 Å². The fraction of sp³-hybridized carbons (Fsp3) is 0.750. The summed E-state index contributed by atoms with van der Waals surface area (Å²) in [7, 11) is 0. The summed E-state index contributed by atoms with van der Waals surface area (Å²) in [6.07, 6.45) is 2.76. The third-order valence-electron chi connectivity index (χ3n) is 2.93. The van der Waals surface area contributed by atoms with E-state index < -0.39 is 0 Å². The van der Waals surface area contributed by atoms with Gasteiger partial charge in [-0.2, -0.15) is 0 Å². The third kappa shape index (κ3) is 3.28. The average Bonchev–Trinajstić information content (AvgIpc) is 2.78. The number of hydrogen-bond donors (Lipinski definition) is 1. The molecular formula is C12H22N4O. The average molecular weight is 238 g/mol. The number of hydrogen-bond acceptors (Lipinski definition) is 3. The molecule has 5 heteroatoms. The van der Waals surface area contributed by atoms with Crippen LogP contribution >= 0.6 is 0 Å². The van der Waals surface area contributed by atoms with Gasteiger partial charge in [-0.3, -0.25) is 9.89 Å². The lowest BCUT2D eigenvalue weighted by Gasteiger charge is -2.25. The van der Waals surface area contributed by atoms with Gasteiger partial charge in [-0.05, 0) is 26.7 Å². The van der Waals surface area contributed by atoms with Crippen molar-refractivity contribution in [3.05, 3.63) is 11.6 Å². The second-order valence-corrected chi connectivity index (χ2v) is 4.20. The lowest BCUT2D eigenvalue weighted by Crippen LogP contribution is -2.38. The molecule has 1 amide bonds. The Labute approximate surface area is 103 Å². The van der Waals surface area contributed by atoms with Crippen LogP contribution in [0.2, 0.25) is 0 Å². The van der Waals surface area contributed by atoms with Crippen molar-refractivity contribution in [3.63, 3.8) is 0 Å². The minimum absolute atomic E-state index is 0.0829. The van der Waals surface area contributed by atoms with Crippen molar-refractivity contribution in [1.82, 2.24) is 20.1 Å². The molecule has 0 bridgehead atoms. The second-order valence-electron chi connectivity index (χ2n) is 4.20. The zero-order valence-corrected chi connectivity index (χ0v) is 11.2. The van der Waals surface area contributed by atoms with Crippen molar-refractivity contribution >= 4 is 5.91 Å². The lowest BCUT2D eigenvalue weighted by atomic mass is 10.2. The van der Waals surface area contributed by atoms with Crippen molar-refractivity contribution in [2.24, 2.45) is 0 Å². The van der Waals surface area contributed by atoms with Crippen molar-refractivity contribution in [1.29, 1.82) is 0 Å². The number of nitrogens with zero attached hydrogens (tertiary/aromatic N) is 3. The first kappa shape index (κ1) is 13.7. The van der Waals surface area contributed by atoms with E-state index in [0.29, 0.717) is 6.54 Å². The fourth-order valence-electron chi connectivity index (χ4n) is 1.74. The first-order valence-electron chi connectivity index (χ1n) is 6.36. The van der Waals surface area contributed by atoms with Crippen LogP contribution in [-0.4, -0.2) is 38.6 Å². The second kappa shape index (κ2) is 6.37. The maximum absolute atomic E-state index is 12.2. The van der Waals surface area contributed by atoms with E-state index >= 15 is 0 Å². The summed E-state index contributed by atoms with van der Waals surface area (Å²) in [5.74, 6) is 0.993. The highest BCUT2D eigenvalue weighted by molar-refractivity contribution is 5.90. The van der Waals surface area contributed by atoms with E-state index in [4.69, 9.17) is 0 Å². The summed E-state index contributed by atoms with van der Waals surface area (Å²) in [6.45, 7) is 8.85. The highest BCUT2D eigenvalue weighted by Gasteiger charge is 2.22. The Hall–Kier alpha value is -1.39. The van der Waals surface area contributed by atoms with Crippen LogP contribution in [-0.2, 0) is 6.42 Å². The number of carbonyl (C=O) groups excluding carboxylic acids is 1. The predicted molar refractivity (Wildman–Crippen MR) is 66.8 cm³/mol. The summed E-state index contributed by atoms with van der Waals surface area (Å²) in [6, 6.07) is 0.223. The molecule has 1 atom stereocenters. The molecule has 1 heterocycles. The summed E-state index contributed by atoms with van der Waals surface area (Å²) < 4.78 is 0. The van der Waals surface area contributed by atoms with E-state index in [2.05, 4.69) is 29.0 Å². The largest absolute Gasteiger partial charge is 0.333 e. The minimum Gasteiger partial charge on any atom is -0.333 e. The van der Waals surface area contributed by atoms with Crippen LogP contribution in [0, 0.1) is 0 Å². The van der Waals surface area contributed by atoms with Crippen LogP contribution in [0.5, 0.6) is 0 Å². The number of aromatic nitrogens is 3. The molecule has 1 rings (SSSR count). The van der Waals surface area contributed by atoms with E-state index in [9.17, 15) is 4.79 Å². The molecule has 1 unspecified atom stereocenters. The summed E-state index contributed by atoms with van der Waals surface area (Å²) in [4.78, 5) is 18.2. The first-order chi connectivity index (χ1) is 8.13. The fourth-order valence-corrected chi connectivity index (χ4v) is 1.74. The molecule has 0 radical (unpaired) electrons. The first-order valence-corrected chi connectivity index (χ1v) is 6.36. The monoisotopic (exact) mass is 238 g/mol. The number of aromatic amines is 1. The quantitative estimate of drug-likeness (QED) is 0.824. The van der Waals surface area contributed by atoms with Gasteiger partial charge in [0.05, 0.1) is 0 Å². The van der Waals surface area contributed by atoms with Crippen molar-refractivity contribution in [2.45, 2.75) is 53.0 Å². The molecule has 0 aromatic carbocycles. The van der Waals surface area contributed by atoms with Crippen LogP contribution < -0.4 is 0 Å². The third-order valence-corrected chi connectivity index (χ3v) is 2.93. The highest BCUT2D eigenvalue weighted by atomic mass is 16.2. The van der Waals surface area contributed by atoms with Gasteiger partial charge in [-0.15, -0.1) is 5.10 Å². The Morgan fingerprint density at radius 1 is 1.41 bits per heavy atom. The number of rotatable bonds is 6.